The molecule has 2 aromatic carbocycles. The molecule has 0 saturated carbocycles. The van der Waals surface area contributed by atoms with Gasteiger partial charge in [0.1, 0.15) is 0 Å². The maximum absolute atomic E-state index is 11.5. The van der Waals surface area contributed by atoms with Crippen molar-refractivity contribution in [2.45, 2.75) is 18.8 Å². The van der Waals surface area contributed by atoms with Gasteiger partial charge in [-0.25, -0.2) is 0 Å². The van der Waals surface area contributed by atoms with Gasteiger partial charge in [0, 0.05) is 0 Å². The summed E-state index contributed by atoms with van der Waals surface area (Å²) in [7, 11) is 0. The Labute approximate surface area is 102 Å². The van der Waals surface area contributed by atoms with Crippen molar-refractivity contribution in [1.29, 1.82) is 0 Å². The molecule has 0 N–H and O–H groups in total. The fraction of sp³-hybridized carbons (Fsp3) is 0.188. The highest BCUT2D eigenvalue weighted by atomic mass is 16.1. The summed E-state index contributed by atoms with van der Waals surface area (Å²) in [4.78, 5) is 11.5. The van der Waals surface area contributed by atoms with Gasteiger partial charge >= 0.3 is 0 Å². The van der Waals surface area contributed by atoms with Crippen LogP contribution in [0.2, 0.25) is 0 Å². The first kappa shape index (κ1) is 11.6. The maximum Gasteiger partial charge on any atom is 0.214 e. The lowest BCUT2D eigenvalue weighted by Gasteiger charge is -2.26. The van der Waals surface area contributed by atoms with E-state index in [4.69, 9.17) is 0 Å². The van der Waals surface area contributed by atoms with Crippen LogP contribution >= 0.6 is 0 Å². The topological polar surface area (TPSA) is 17.1 Å². The molecule has 85 valence electrons. The van der Waals surface area contributed by atoms with Crippen LogP contribution in [-0.4, -0.2) is 6.29 Å². The summed E-state index contributed by atoms with van der Waals surface area (Å²) < 4.78 is 0. The van der Waals surface area contributed by atoms with Crippen LogP contribution in [0.3, 0.4) is 0 Å². The van der Waals surface area contributed by atoms with Crippen LogP contribution in [0.5, 0.6) is 0 Å². The summed E-state index contributed by atoms with van der Waals surface area (Å²) in [5.74, 6) is 0. The van der Waals surface area contributed by atoms with E-state index in [0.717, 1.165) is 11.1 Å². The Morgan fingerprint density at radius 3 is 1.59 bits per heavy atom. The second kappa shape index (κ2) is 4.96. The van der Waals surface area contributed by atoms with Gasteiger partial charge in [-0.3, -0.25) is 4.79 Å². The van der Waals surface area contributed by atoms with E-state index in [9.17, 15) is 4.79 Å². The highest BCUT2D eigenvalue weighted by Crippen LogP contribution is 2.33. The largest absolute Gasteiger partial charge is 0.289 e. The molecule has 2 aromatic rings. The van der Waals surface area contributed by atoms with Gasteiger partial charge < -0.3 is 0 Å². The molecule has 0 spiro atoms. The first-order chi connectivity index (χ1) is 8.33. The Morgan fingerprint density at radius 2 is 1.29 bits per heavy atom. The van der Waals surface area contributed by atoms with E-state index in [1.54, 1.807) is 0 Å². The second-order valence-electron chi connectivity index (χ2n) is 4.09. The number of hydrogen-bond donors (Lipinski definition) is 0. The molecule has 0 atom stereocenters. The van der Waals surface area contributed by atoms with Crippen LogP contribution in [0, 0.1) is 0 Å². The Hall–Kier alpha value is -1.89. The zero-order chi connectivity index (χ0) is 12.1. The van der Waals surface area contributed by atoms with Crippen LogP contribution < -0.4 is 0 Å². The van der Waals surface area contributed by atoms with E-state index in [-0.39, 0.29) is 0 Å². The van der Waals surface area contributed by atoms with Gasteiger partial charge in [0.05, 0.1) is 5.41 Å². The molecule has 0 aliphatic heterocycles. The number of carbonyl (C=O) groups excluding carboxylic acids is 1. The minimum Gasteiger partial charge on any atom is -0.289 e. The molecular weight excluding hydrogens is 208 g/mol. The van der Waals surface area contributed by atoms with Crippen molar-refractivity contribution < 1.29 is 4.79 Å². The molecule has 0 saturated heterocycles. The molecule has 0 unspecified atom stereocenters. The summed E-state index contributed by atoms with van der Waals surface area (Å²) in [6, 6.07) is 19.7. The van der Waals surface area contributed by atoms with Gasteiger partial charge in [-0.15, -0.1) is 0 Å². The quantitative estimate of drug-likeness (QED) is 0.775. The van der Waals surface area contributed by atoms with Gasteiger partial charge in [-0.2, -0.15) is 0 Å². The lowest BCUT2D eigenvalue weighted by atomic mass is 9.74. The van der Waals surface area contributed by atoms with Gasteiger partial charge in [0.15, 0.2) is 0 Å². The van der Waals surface area contributed by atoms with Crippen molar-refractivity contribution in [3.8, 4) is 0 Å². The molecule has 1 radical (unpaired) electrons. The highest BCUT2D eigenvalue weighted by molar-refractivity contribution is 5.75. The van der Waals surface area contributed by atoms with Gasteiger partial charge in [-0.1, -0.05) is 67.6 Å². The minimum absolute atomic E-state index is 0.636. The summed E-state index contributed by atoms with van der Waals surface area (Å²) in [6.07, 6.45) is 2.96. The monoisotopic (exact) mass is 223 g/mol. The van der Waals surface area contributed by atoms with E-state index in [1.165, 1.54) is 0 Å². The van der Waals surface area contributed by atoms with Crippen LogP contribution in [0.4, 0.5) is 0 Å². The number of hydrogen-bond acceptors (Lipinski definition) is 1. The minimum atomic E-state index is -0.636. The Kier molecular flexibility index (Phi) is 3.38. The van der Waals surface area contributed by atoms with Gasteiger partial charge in [0.2, 0.25) is 6.29 Å². The van der Waals surface area contributed by atoms with Crippen molar-refractivity contribution in [2.75, 3.05) is 0 Å². The first-order valence-corrected chi connectivity index (χ1v) is 5.84. The second-order valence-corrected chi connectivity index (χ2v) is 4.09. The fourth-order valence-corrected chi connectivity index (χ4v) is 2.21. The Balaban J connectivity index is 2.58. The molecule has 0 amide bonds. The zero-order valence-corrected chi connectivity index (χ0v) is 9.89. The summed E-state index contributed by atoms with van der Waals surface area (Å²) in [6.45, 7) is 2.02. The molecule has 2 rings (SSSR count). The highest BCUT2D eigenvalue weighted by Gasteiger charge is 2.32. The average Bonchev–Trinajstić information content (AvgIpc) is 2.43. The third-order valence-electron chi connectivity index (χ3n) is 3.24. The van der Waals surface area contributed by atoms with Crippen molar-refractivity contribution in [3.05, 3.63) is 71.8 Å². The Bertz CT molecular complexity index is 434. The molecule has 0 fully saturated rings. The third kappa shape index (κ3) is 2.01. The molecule has 0 aliphatic carbocycles. The normalized spacial score (nSPS) is 11.1. The molecule has 0 bridgehead atoms. The summed E-state index contributed by atoms with van der Waals surface area (Å²) in [5, 5.41) is 0. The van der Waals surface area contributed by atoms with Crippen LogP contribution in [-0.2, 0) is 10.2 Å². The van der Waals surface area contributed by atoms with Crippen molar-refractivity contribution in [2.24, 2.45) is 0 Å². The Morgan fingerprint density at radius 1 is 0.882 bits per heavy atom. The van der Waals surface area contributed by atoms with E-state index in [0.29, 0.717) is 6.42 Å². The smallest absolute Gasteiger partial charge is 0.214 e. The summed E-state index contributed by atoms with van der Waals surface area (Å²) >= 11 is 0. The summed E-state index contributed by atoms with van der Waals surface area (Å²) in [5.41, 5.74) is 1.37. The fourth-order valence-electron chi connectivity index (χ4n) is 2.21. The maximum atomic E-state index is 11.5. The lowest BCUT2D eigenvalue weighted by molar-refractivity contribution is 0.509. The predicted octanol–water partition coefficient (Wildman–Crippen LogP) is 3.49. The molecule has 0 aliphatic rings. The molecule has 0 heterocycles. The average molecular weight is 223 g/mol. The van der Waals surface area contributed by atoms with E-state index < -0.39 is 5.41 Å². The van der Waals surface area contributed by atoms with Crippen LogP contribution in [0.25, 0.3) is 0 Å². The van der Waals surface area contributed by atoms with Gasteiger partial charge in [-0.05, 0) is 17.5 Å². The number of rotatable bonds is 4. The standard InChI is InChI=1S/C16H15O/c1-2-16(13-17,14-9-5-3-6-10-14)15-11-7-4-8-12-15/h3-12H,2H2,1H3. The van der Waals surface area contributed by atoms with E-state index in [2.05, 4.69) is 6.29 Å². The van der Waals surface area contributed by atoms with E-state index in [1.807, 2.05) is 67.6 Å². The third-order valence-corrected chi connectivity index (χ3v) is 3.24. The lowest BCUT2D eigenvalue weighted by Crippen LogP contribution is -2.28. The van der Waals surface area contributed by atoms with Crippen LogP contribution in [0.15, 0.2) is 60.7 Å². The van der Waals surface area contributed by atoms with Crippen molar-refractivity contribution in [1.82, 2.24) is 0 Å². The van der Waals surface area contributed by atoms with Crippen LogP contribution in [0.1, 0.15) is 24.5 Å². The molecule has 17 heavy (non-hydrogen) atoms. The number of benzene rings is 2. The predicted molar refractivity (Wildman–Crippen MR) is 69.6 cm³/mol. The zero-order valence-electron chi connectivity index (χ0n) is 9.89. The SMILES string of the molecule is CCC([C]=O)(c1ccccc1)c1ccccc1. The molecular formula is C16H15O. The van der Waals surface area contributed by atoms with E-state index >= 15 is 0 Å². The van der Waals surface area contributed by atoms with Crippen molar-refractivity contribution >= 4 is 6.29 Å². The molecule has 1 nitrogen and oxygen atoms in total. The molecule has 1 heteroatoms. The molecule has 0 aromatic heterocycles. The first-order valence-electron chi connectivity index (χ1n) is 5.84. The van der Waals surface area contributed by atoms with Crippen molar-refractivity contribution in [3.63, 3.8) is 0 Å². The van der Waals surface area contributed by atoms with Gasteiger partial charge in [0.25, 0.3) is 0 Å².